The molecule has 5 rings (SSSR count). The van der Waals surface area contributed by atoms with E-state index >= 15 is 0 Å². The fourth-order valence-corrected chi connectivity index (χ4v) is 6.07. The molecular weight excluding hydrogens is 458 g/mol. The number of benzene rings is 1. The minimum absolute atomic E-state index is 0.0625. The lowest BCUT2D eigenvalue weighted by Crippen LogP contribution is -2.59. The largest absolute Gasteiger partial charge is 0.351 e. The van der Waals surface area contributed by atoms with Crippen molar-refractivity contribution in [2.75, 3.05) is 18.0 Å². The van der Waals surface area contributed by atoms with Crippen molar-refractivity contribution in [2.45, 2.75) is 58.2 Å². The normalized spacial score (nSPS) is 19.9. The average Bonchev–Trinajstić information content (AvgIpc) is 3.52. The summed E-state index contributed by atoms with van der Waals surface area (Å²) in [5.74, 6) is 0.816. The Morgan fingerprint density at radius 1 is 1.17 bits per heavy atom. The maximum Gasteiger partial charge on any atom is 0.255 e. The molecule has 0 spiro atoms. The molecule has 0 aliphatic carbocycles. The molecule has 3 aromatic heterocycles. The summed E-state index contributed by atoms with van der Waals surface area (Å²) in [4.78, 5) is 22.3. The molecule has 0 unspecified atom stereocenters. The molecular formula is C26H31N7OS. The lowest BCUT2D eigenvalue weighted by atomic mass is 9.97. The number of aromatic nitrogens is 4. The third kappa shape index (κ3) is 4.11. The summed E-state index contributed by atoms with van der Waals surface area (Å²) in [7, 11) is 1.75. The van der Waals surface area contributed by atoms with E-state index in [1.54, 1.807) is 29.0 Å². The molecule has 0 radical (unpaired) electrons. The maximum atomic E-state index is 12.9. The standard InChI is InChI=1S/C26H31N7OS/c1-5-20-15-32(25-13-26(34)30(4)24-12-19(9-10-27)29-33(24)25)21(6-2)14-31(20)17(3)18-7-8-22-23(11-18)35-16-28-22/h7-8,11-13,16-17,20-21H,5-6,9,14-15H2,1-4H3/t17-,20+,21-/m0/s1. The molecule has 0 bridgehead atoms. The Labute approximate surface area is 209 Å². The van der Waals surface area contributed by atoms with Crippen molar-refractivity contribution in [1.82, 2.24) is 24.1 Å². The van der Waals surface area contributed by atoms with Crippen molar-refractivity contribution >= 4 is 33.0 Å². The van der Waals surface area contributed by atoms with Crippen LogP contribution in [0.2, 0.25) is 0 Å². The first-order valence-electron chi connectivity index (χ1n) is 12.3. The van der Waals surface area contributed by atoms with Crippen LogP contribution in [0, 0.1) is 11.3 Å². The van der Waals surface area contributed by atoms with E-state index in [9.17, 15) is 4.79 Å². The lowest BCUT2D eigenvalue weighted by Gasteiger charge is -2.49. The van der Waals surface area contributed by atoms with Crippen molar-refractivity contribution in [3.63, 3.8) is 0 Å². The van der Waals surface area contributed by atoms with Gasteiger partial charge in [0.1, 0.15) is 11.5 Å². The number of hydrogen-bond donors (Lipinski definition) is 0. The highest BCUT2D eigenvalue weighted by Crippen LogP contribution is 2.33. The van der Waals surface area contributed by atoms with Crippen LogP contribution in [0.15, 0.2) is 40.6 Å². The summed E-state index contributed by atoms with van der Waals surface area (Å²) in [5, 5.41) is 13.9. The molecule has 0 N–H and O–H groups in total. The van der Waals surface area contributed by atoms with Crippen LogP contribution in [0.1, 0.15) is 50.9 Å². The number of nitriles is 1. The molecule has 9 heteroatoms. The molecule has 0 saturated carbocycles. The molecule has 3 atom stereocenters. The second kappa shape index (κ2) is 9.44. The van der Waals surface area contributed by atoms with Crippen molar-refractivity contribution in [2.24, 2.45) is 7.05 Å². The Bertz CT molecular complexity index is 1460. The van der Waals surface area contributed by atoms with Gasteiger partial charge in [-0.1, -0.05) is 19.9 Å². The van der Waals surface area contributed by atoms with Crippen LogP contribution in [-0.2, 0) is 13.5 Å². The van der Waals surface area contributed by atoms with E-state index in [4.69, 9.17) is 10.4 Å². The van der Waals surface area contributed by atoms with Gasteiger partial charge in [-0.15, -0.1) is 11.3 Å². The van der Waals surface area contributed by atoms with Crippen molar-refractivity contribution in [1.29, 1.82) is 5.26 Å². The first-order valence-corrected chi connectivity index (χ1v) is 13.1. The van der Waals surface area contributed by atoms with E-state index in [0.717, 1.165) is 37.3 Å². The molecule has 0 amide bonds. The van der Waals surface area contributed by atoms with Crippen LogP contribution >= 0.6 is 11.3 Å². The number of thiazole rings is 1. The number of fused-ring (bicyclic) bond motifs is 2. The molecule has 1 aromatic carbocycles. The van der Waals surface area contributed by atoms with Gasteiger partial charge in [-0.05, 0) is 37.5 Å². The summed E-state index contributed by atoms with van der Waals surface area (Å²) in [5.41, 5.74) is 5.61. The van der Waals surface area contributed by atoms with Crippen LogP contribution in [0.3, 0.4) is 0 Å². The maximum absolute atomic E-state index is 12.9. The fourth-order valence-electron chi connectivity index (χ4n) is 5.34. The van der Waals surface area contributed by atoms with E-state index < -0.39 is 0 Å². The zero-order valence-corrected chi connectivity index (χ0v) is 21.5. The van der Waals surface area contributed by atoms with Crippen LogP contribution in [0.25, 0.3) is 15.9 Å². The molecule has 1 aliphatic heterocycles. The first-order chi connectivity index (χ1) is 16.9. The fraction of sp³-hybridized carbons (Fsp3) is 0.462. The topological polar surface area (TPSA) is 82.5 Å². The molecule has 8 nitrogen and oxygen atoms in total. The number of aryl methyl sites for hydroxylation is 1. The van der Waals surface area contributed by atoms with Crippen LogP contribution in [0.5, 0.6) is 0 Å². The Kier molecular flexibility index (Phi) is 6.34. The highest BCUT2D eigenvalue weighted by Gasteiger charge is 2.36. The summed E-state index contributed by atoms with van der Waals surface area (Å²) in [6, 6.07) is 13.2. The van der Waals surface area contributed by atoms with Gasteiger partial charge < -0.3 is 4.90 Å². The minimum atomic E-state index is -0.0625. The second-order valence-corrected chi connectivity index (χ2v) is 10.3. The van der Waals surface area contributed by atoms with E-state index in [1.165, 1.54) is 10.3 Å². The number of anilines is 1. The van der Waals surface area contributed by atoms with Gasteiger partial charge in [-0.3, -0.25) is 14.3 Å². The summed E-state index contributed by atoms with van der Waals surface area (Å²) >= 11 is 1.68. The van der Waals surface area contributed by atoms with Gasteiger partial charge in [0.05, 0.1) is 33.9 Å². The predicted molar refractivity (Wildman–Crippen MR) is 140 cm³/mol. The van der Waals surface area contributed by atoms with Gasteiger partial charge in [0.15, 0.2) is 0 Å². The van der Waals surface area contributed by atoms with Gasteiger partial charge in [-0.2, -0.15) is 10.4 Å². The zero-order valence-electron chi connectivity index (χ0n) is 20.7. The van der Waals surface area contributed by atoms with E-state index in [1.807, 2.05) is 16.1 Å². The van der Waals surface area contributed by atoms with Crippen LogP contribution in [-0.4, -0.2) is 49.2 Å². The number of hydrogen-bond acceptors (Lipinski definition) is 7. The van der Waals surface area contributed by atoms with Gasteiger partial charge in [-0.25, -0.2) is 9.50 Å². The summed E-state index contributed by atoms with van der Waals surface area (Å²) < 4.78 is 4.67. The van der Waals surface area contributed by atoms with Crippen LogP contribution in [0.4, 0.5) is 5.82 Å². The second-order valence-electron chi connectivity index (χ2n) is 9.37. The third-order valence-corrected chi connectivity index (χ3v) is 8.25. The van der Waals surface area contributed by atoms with Gasteiger partial charge in [0, 0.05) is 50.4 Å². The van der Waals surface area contributed by atoms with Gasteiger partial charge in [0.2, 0.25) is 0 Å². The lowest BCUT2D eigenvalue weighted by molar-refractivity contribution is 0.100. The summed E-state index contributed by atoms with van der Waals surface area (Å²) in [6.07, 6.45) is 2.18. The molecule has 1 aliphatic rings. The smallest absolute Gasteiger partial charge is 0.255 e. The molecule has 1 saturated heterocycles. The molecule has 182 valence electrons. The van der Waals surface area contributed by atoms with Crippen LogP contribution < -0.4 is 10.5 Å². The Morgan fingerprint density at radius 3 is 2.71 bits per heavy atom. The quantitative estimate of drug-likeness (QED) is 0.405. The summed E-state index contributed by atoms with van der Waals surface area (Å²) in [6.45, 7) is 8.46. The van der Waals surface area contributed by atoms with Crippen molar-refractivity contribution in [3.05, 3.63) is 57.5 Å². The number of nitrogens with zero attached hydrogens (tertiary/aromatic N) is 7. The molecule has 4 aromatic rings. The Morgan fingerprint density at radius 2 is 1.97 bits per heavy atom. The number of rotatable bonds is 6. The van der Waals surface area contributed by atoms with E-state index in [-0.39, 0.29) is 24.1 Å². The monoisotopic (exact) mass is 489 g/mol. The first kappa shape index (κ1) is 23.5. The van der Waals surface area contributed by atoms with E-state index in [0.29, 0.717) is 17.4 Å². The van der Waals surface area contributed by atoms with Crippen molar-refractivity contribution < 1.29 is 0 Å². The third-order valence-electron chi connectivity index (χ3n) is 7.46. The predicted octanol–water partition coefficient (Wildman–Crippen LogP) is 4.15. The Balaban J connectivity index is 1.51. The zero-order chi connectivity index (χ0) is 24.7. The Hall–Kier alpha value is -3.22. The molecule has 35 heavy (non-hydrogen) atoms. The average molecular weight is 490 g/mol. The van der Waals surface area contributed by atoms with Gasteiger partial charge >= 0.3 is 0 Å². The van der Waals surface area contributed by atoms with Gasteiger partial charge in [0.25, 0.3) is 5.56 Å². The number of piperazine rings is 1. The van der Waals surface area contributed by atoms with Crippen molar-refractivity contribution in [3.8, 4) is 6.07 Å². The highest BCUT2D eigenvalue weighted by molar-refractivity contribution is 7.16. The minimum Gasteiger partial charge on any atom is -0.351 e. The SMILES string of the molecule is CC[C@H]1CN([C@@H](C)c2ccc3ncsc3c2)[C@H](CC)CN1c1cc(=O)n(C)c2cc(CC#N)nn12. The van der Waals surface area contributed by atoms with E-state index in [2.05, 4.69) is 59.8 Å². The highest BCUT2D eigenvalue weighted by atomic mass is 32.1. The molecule has 4 heterocycles. The molecule has 1 fully saturated rings.